The van der Waals surface area contributed by atoms with Gasteiger partial charge in [-0.05, 0) is 69.3 Å². The second-order valence-corrected chi connectivity index (χ2v) is 14.1. The fourth-order valence-electron chi connectivity index (χ4n) is 9.27. The molecule has 2 atom stereocenters. The third kappa shape index (κ3) is 3.58. The maximum Gasteiger partial charge on any atom is 0.131 e. The number of para-hydroxylation sites is 2. The molecule has 2 heterocycles. The highest BCUT2D eigenvalue weighted by Crippen LogP contribution is 2.64. The first kappa shape index (κ1) is 27.5. The van der Waals surface area contributed by atoms with Gasteiger partial charge in [0.05, 0.1) is 11.5 Å². The van der Waals surface area contributed by atoms with Crippen molar-refractivity contribution < 1.29 is 4.74 Å². The van der Waals surface area contributed by atoms with Crippen molar-refractivity contribution in [3.8, 4) is 33.8 Å². The van der Waals surface area contributed by atoms with Crippen LogP contribution in [0.4, 0.5) is 11.4 Å². The van der Waals surface area contributed by atoms with Crippen LogP contribution in [-0.2, 0) is 10.8 Å². The number of fused-ring (bicyclic) bond motifs is 11. The Morgan fingerprint density at radius 3 is 1.85 bits per heavy atom. The predicted molar refractivity (Wildman–Crippen MR) is 196 cm³/mol. The maximum absolute atomic E-state index is 6.69. The molecule has 2 unspecified atom stereocenters. The van der Waals surface area contributed by atoms with Crippen molar-refractivity contribution in [1.82, 2.24) is 0 Å². The van der Waals surface area contributed by atoms with Crippen molar-refractivity contribution in [2.75, 3.05) is 4.90 Å². The van der Waals surface area contributed by atoms with Crippen LogP contribution in [-0.4, -0.2) is 6.04 Å². The number of hydrogen-bond donors (Lipinski definition) is 0. The minimum atomic E-state index is -0.465. The number of anilines is 2. The standard InChI is InChI=1S/C46H35NO/c1-45(2)35-17-7-6-16-33(35)34-28-42-40(29-39(34)45)46(37-19-9-12-22-43(37)48-44-23-13-10-20-38(44)46)36-18-8-11-21-41(36)47(42)32-26-24-31(25-27-32)30-14-4-3-5-15-30/h3-29,36,41H,1-2H3. The summed E-state index contributed by atoms with van der Waals surface area (Å²) in [5, 5.41) is 0. The van der Waals surface area contributed by atoms with E-state index in [4.69, 9.17) is 4.74 Å². The van der Waals surface area contributed by atoms with Gasteiger partial charge in [0.1, 0.15) is 11.5 Å². The SMILES string of the molecule is CC1(C)c2ccccc2-c2cc3c(cc21)C1(c2ccccc2Oc2ccccc21)C1C=CC=CC1N3c1ccc(-c2ccccc2)cc1. The van der Waals surface area contributed by atoms with Gasteiger partial charge >= 0.3 is 0 Å². The largest absolute Gasteiger partial charge is 0.457 e. The fourth-order valence-corrected chi connectivity index (χ4v) is 9.27. The fraction of sp³-hybridized carbons (Fsp3) is 0.130. The van der Waals surface area contributed by atoms with E-state index in [1.54, 1.807) is 0 Å². The summed E-state index contributed by atoms with van der Waals surface area (Å²) in [6, 6.07) is 51.4. The summed E-state index contributed by atoms with van der Waals surface area (Å²) in [5.41, 5.74) is 13.5. The van der Waals surface area contributed by atoms with Gasteiger partial charge in [0, 0.05) is 33.8 Å². The van der Waals surface area contributed by atoms with E-state index in [9.17, 15) is 0 Å². The van der Waals surface area contributed by atoms with Gasteiger partial charge in [0.25, 0.3) is 0 Å². The first-order chi connectivity index (χ1) is 23.6. The molecule has 2 aliphatic heterocycles. The van der Waals surface area contributed by atoms with Crippen LogP contribution in [0.3, 0.4) is 0 Å². The number of ether oxygens (including phenoxy) is 1. The monoisotopic (exact) mass is 617 g/mol. The molecular formula is C46H35NO. The lowest BCUT2D eigenvalue weighted by molar-refractivity contribution is 0.336. The lowest BCUT2D eigenvalue weighted by atomic mass is 9.55. The van der Waals surface area contributed by atoms with Crippen LogP contribution in [0.1, 0.15) is 41.7 Å². The molecule has 10 rings (SSSR count). The highest BCUT2D eigenvalue weighted by molar-refractivity contribution is 5.89. The second-order valence-electron chi connectivity index (χ2n) is 14.1. The van der Waals surface area contributed by atoms with Gasteiger partial charge < -0.3 is 9.64 Å². The Hall–Kier alpha value is -5.60. The van der Waals surface area contributed by atoms with Crippen molar-refractivity contribution in [3.05, 3.63) is 192 Å². The number of allylic oxidation sites excluding steroid dienone is 2. The Bertz CT molecular complexity index is 2260. The summed E-state index contributed by atoms with van der Waals surface area (Å²) >= 11 is 0. The van der Waals surface area contributed by atoms with Crippen LogP contribution in [0.2, 0.25) is 0 Å². The van der Waals surface area contributed by atoms with Crippen LogP contribution in [0.5, 0.6) is 11.5 Å². The molecule has 0 saturated heterocycles. The van der Waals surface area contributed by atoms with Gasteiger partial charge in [-0.2, -0.15) is 0 Å². The van der Waals surface area contributed by atoms with Crippen molar-refractivity contribution in [2.45, 2.75) is 30.7 Å². The maximum atomic E-state index is 6.69. The molecule has 1 spiro atoms. The topological polar surface area (TPSA) is 12.5 Å². The summed E-state index contributed by atoms with van der Waals surface area (Å²) in [7, 11) is 0. The molecular weight excluding hydrogens is 583 g/mol. The average molecular weight is 618 g/mol. The van der Waals surface area contributed by atoms with E-state index < -0.39 is 5.41 Å². The van der Waals surface area contributed by atoms with Crippen LogP contribution < -0.4 is 9.64 Å². The zero-order valence-electron chi connectivity index (χ0n) is 27.1. The van der Waals surface area contributed by atoms with E-state index in [0.717, 1.165) is 11.5 Å². The van der Waals surface area contributed by atoms with E-state index in [1.807, 2.05) is 0 Å². The van der Waals surface area contributed by atoms with Gasteiger partial charge in [-0.1, -0.05) is 147 Å². The van der Waals surface area contributed by atoms with E-state index in [0.29, 0.717) is 0 Å². The first-order valence-corrected chi connectivity index (χ1v) is 17.0. The summed E-state index contributed by atoms with van der Waals surface area (Å²) < 4.78 is 6.69. The normalized spacial score (nSPS) is 19.8. The first-order valence-electron chi connectivity index (χ1n) is 17.0. The molecule has 2 nitrogen and oxygen atoms in total. The van der Waals surface area contributed by atoms with Gasteiger partial charge in [-0.3, -0.25) is 0 Å². The zero-order valence-corrected chi connectivity index (χ0v) is 27.1. The Kier molecular flexibility index (Phi) is 5.70. The molecule has 0 amide bonds. The quantitative estimate of drug-likeness (QED) is 0.192. The number of rotatable bonds is 2. The van der Waals surface area contributed by atoms with Gasteiger partial charge in [0.2, 0.25) is 0 Å². The number of hydrogen-bond acceptors (Lipinski definition) is 2. The van der Waals surface area contributed by atoms with E-state index in [-0.39, 0.29) is 17.4 Å². The van der Waals surface area contributed by atoms with Crippen LogP contribution in [0, 0.1) is 5.92 Å². The summed E-state index contributed by atoms with van der Waals surface area (Å²) in [6.07, 6.45) is 9.34. The van der Waals surface area contributed by atoms with E-state index in [2.05, 4.69) is 183 Å². The third-order valence-corrected chi connectivity index (χ3v) is 11.4. The van der Waals surface area contributed by atoms with Crippen molar-refractivity contribution in [2.24, 2.45) is 5.92 Å². The Balaban J connectivity index is 1.31. The number of benzene rings is 6. The van der Waals surface area contributed by atoms with Gasteiger partial charge in [-0.15, -0.1) is 0 Å². The molecule has 2 heteroatoms. The Morgan fingerprint density at radius 2 is 1.12 bits per heavy atom. The minimum Gasteiger partial charge on any atom is -0.457 e. The second kappa shape index (κ2) is 9.95. The molecule has 0 bridgehead atoms. The molecule has 0 N–H and O–H groups in total. The Labute approximate surface area is 282 Å². The van der Waals surface area contributed by atoms with Gasteiger partial charge in [0.15, 0.2) is 0 Å². The molecule has 230 valence electrons. The van der Waals surface area contributed by atoms with Crippen LogP contribution in [0.25, 0.3) is 22.3 Å². The molecule has 4 aliphatic rings. The van der Waals surface area contributed by atoms with Crippen molar-refractivity contribution >= 4 is 11.4 Å². The minimum absolute atomic E-state index is 0.0759. The summed E-state index contributed by atoms with van der Waals surface area (Å²) in [6.45, 7) is 4.77. The third-order valence-electron chi connectivity index (χ3n) is 11.4. The Morgan fingerprint density at radius 1 is 0.521 bits per heavy atom. The number of nitrogens with zero attached hydrogens (tertiary/aromatic N) is 1. The van der Waals surface area contributed by atoms with Crippen molar-refractivity contribution in [1.29, 1.82) is 0 Å². The molecule has 6 aromatic rings. The lowest BCUT2D eigenvalue weighted by Crippen LogP contribution is -2.54. The molecule has 0 saturated carbocycles. The smallest absolute Gasteiger partial charge is 0.131 e. The molecule has 0 aromatic heterocycles. The molecule has 0 fully saturated rings. The highest BCUT2D eigenvalue weighted by Gasteiger charge is 2.57. The lowest BCUT2D eigenvalue weighted by Gasteiger charge is -2.55. The average Bonchev–Trinajstić information content (AvgIpc) is 3.37. The highest BCUT2D eigenvalue weighted by atomic mass is 16.5. The van der Waals surface area contributed by atoms with Gasteiger partial charge in [-0.25, -0.2) is 0 Å². The predicted octanol–water partition coefficient (Wildman–Crippen LogP) is 11.4. The summed E-state index contributed by atoms with van der Waals surface area (Å²) in [4.78, 5) is 2.61. The van der Waals surface area contributed by atoms with Crippen LogP contribution >= 0.6 is 0 Å². The molecule has 0 radical (unpaired) electrons. The molecule has 6 aromatic carbocycles. The zero-order chi connectivity index (χ0) is 32.0. The van der Waals surface area contributed by atoms with E-state index >= 15 is 0 Å². The molecule has 48 heavy (non-hydrogen) atoms. The van der Waals surface area contributed by atoms with Crippen LogP contribution in [0.15, 0.2) is 164 Å². The molecule has 2 aliphatic carbocycles. The van der Waals surface area contributed by atoms with E-state index in [1.165, 1.54) is 61.4 Å². The van der Waals surface area contributed by atoms with Crippen molar-refractivity contribution in [3.63, 3.8) is 0 Å². The summed E-state index contributed by atoms with van der Waals surface area (Å²) in [5.74, 6) is 1.99.